The van der Waals surface area contributed by atoms with Crippen molar-refractivity contribution >= 4 is 22.6 Å². The van der Waals surface area contributed by atoms with Crippen LogP contribution in [-0.4, -0.2) is 23.7 Å². The lowest BCUT2D eigenvalue weighted by Gasteiger charge is -2.25. The molecule has 0 bridgehead atoms. The minimum atomic E-state index is -0.671. The van der Waals surface area contributed by atoms with Gasteiger partial charge in [-0.15, -0.1) is 0 Å². The summed E-state index contributed by atoms with van der Waals surface area (Å²) in [5.41, 5.74) is -0.990. The molecule has 0 aliphatic rings. The second-order valence-electron chi connectivity index (χ2n) is 5.74. The smallest absolute Gasteiger partial charge is 0.414 e. The fourth-order valence-electron chi connectivity index (χ4n) is 1.88. The van der Waals surface area contributed by atoms with E-state index in [-0.39, 0.29) is 16.6 Å². The first-order valence-electron chi connectivity index (χ1n) is 6.47. The standard InChI is InChI=1S/C15H17FN2O3/c1-15(2,3)21-14(20)18(4)12-7-9-5-6-17-13(19)10(9)8-11(12)16/h5-8H,1-4H3,(H,17,19). The number of aromatic nitrogens is 1. The number of anilines is 1. The highest BCUT2D eigenvalue weighted by Crippen LogP contribution is 2.24. The third-order valence-corrected chi connectivity index (χ3v) is 2.87. The molecular weight excluding hydrogens is 275 g/mol. The summed E-state index contributed by atoms with van der Waals surface area (Å²) in [7, 11) is 1.42. The van der Waals surface area contributed by atoms with Crippen molar-refractivity contribution in [1.29, 1.82) is 0 Å². The minimum absolute atomic E-state index is 0.0577. The Morgan fingerprint density at radius 3 is 2.62 bits per heavy atom. The minimum Gasteiger partial charge on any atom is -0.443 e. The van der Waals surface area contributed by atoms with E-state index in [9.17, 15) is 14.0 Å². The van der Waals surface area contributed by atoms with E-state index < -0.39 is 17.5 Å². The highest BCUT2D eigenvalue weighted by atomic mass is 19.1. The van der Waals surface area contributed by atoms with Crippen LogP contribution in [0.25, 0.3) is 10.8 Å². The summed E-state index contributed by atoms with van der Waals surface area (Å²) in [5, 5.41) is 0.780. The molecule has 112 valence electrons. The van der Waals surface area contributed by atoms with Gasteiger partial charge in [-0.05, 0) is 44.4 Å². The molecule has 0 saturated carbocycles. The van der Waals surface area contributed by atoms with Crippen LogP contribution < -0.4 is 10.5 Å². The zero-order chi connectivity index (χ0) is 15.8. The maximum atomic E-state index is 14.1. The van der Waals surface area contributed by atoms with Crippen LogP contribution in [-0.2, 0) is 4.74 Å². The van der Waals surface area contributed by atoms with E-state index in [0.717, 1.165) is 11.0 Å². The van der Waals surface area contributed by atoms with Crippen LogP contribution in [0.4, 0.5) is 14.9 Å². The third-order valence-electron chi connectivity index (χ3n) is 2.87. The SMILES string of the molecule is CN(C(=O)OC(C)(C)C)c1cc2cc[nH]c(=O)c2cc1F. The fraction of sp³-hybridized carbons (Fsp3) is 0.333. The molecular formula is C15H17FN2O3. The molecule has 0 fully saturated rings. The van der Waals surface area contributed by atoms with Crippen molar-refractivity contribution in [1.82, 2.24) is 4.98 Å². The van der Waals surface area contributed by atoms with Gasteiger partial charge in [-0.2, -0.15) is 0 Å². The summed E-state index contributed by atoms with van der Waals surface area (Å²) in [6.45, 7) is 5.19. The van der Waals surface area contributed by atoms with Gasteiger partial charge in [0, 0.05) is 13.2 Å². The molecule has 2 rings (SSSR count). The molecule has 5 nitrogen and oxygen atoms in total. The number of carbonyl (C=O) groups is 1. The Morgan fingerprint density at radius 1 is 1.33 bits per heavy atom. The molecule has 0 atom stereocenters. The highest BCUT2D eigenvalue weighted by Gasteiger charge is 2.22. The number of fused-ring (bicyclic) bond motifs is 1. The number of halogens is 1. The normalized spacial score (nSPS) is 11.5. The van der Waals surface area contributed by atoms with Gasteiger partial charge in [-0.3, -0.25) is 9.69 Å². The van der Waals surface area contributed by atoms with Crippen LogP contribution in [0.1, 0.15) is 20.8 Å². The van der Waals surface area contributed by atoms with E-state index in [1.165, 1.54) is 19.3 Å². The quantitative estimate of drug-likeness (QED) is 0.878. The van der Waals surface area contributed by atoms with E-state index in [4.69, 9.17) is 4.74 Å². The van der Waals surface area contributed by atoms with Gasteiger partial charge in [0.25, 0.3) is 5.56 Å². The zero-order valence-corrected chi connectivity index (χ0v) is 12.4. The first-order chi connectivity index (χ1) is 9.69. The molecule has 1 aromatic carbocycles. The monoisotopic (exact) mass is 292 g/mol. The van der Waals surface area contributed by atoms with Crippen molar-refractivity contribution < 1.29 is 13.9 Å². The Labute approximate surface area is 121 Å². The number of aromatic amines is 1. The molecule has 2 aromatic rings. The van der Waals surface area contributed by atoms with Crippen molar-refractivity contribution in [2.24, 2.45) is 0 Å². The largest absolute Gasteiger partial charge is 0.443 e. The Bertz CT molecular complexity index is 747. The lowest BCUT2D eigenvalue weighted by atomic mass is 10.1. The van der Waals surface area contributed by atoms with Crippen LogP contribution in [0.3, 0.4) is 0 Å². The summed E-state index contributed by atoms with van der Waals surface area (Å²) in [5.74, 6) is -0.660. The van der Waals surface area contributed by atoms with Crippen LogP contribution in [0.2, 0.25) is 0 Å². The number of nitrogens with one attached hydrogen (secondary N) is 1. The Morgan fingerprint density at radius 2 is 2.00 bits per heavy atom. The average molecular weight is 292 g/mol. The van der Waals surface area contributed by atoms with Gasteiger partial charge in [0.2, 0.25) is 0 Å². The Balaban J connectivity index is 2.44. The summed E-state index contributed by atoms with van der Waals surface area (Å²) in [6.07, 6.45) is 0.811. The second-order valence-corrected chi connectivity index (χ2v) is 5.74. The number of hydrogen-bond donors (Lipinski definition) is 1. The molecule has 1 N–H and O–H groups in total. The number of pyridine rings is 1. The molecule has 6 heteroatoms. The number of benzene rings is 1. The number of nitrogens with zero attached hydrogens (tertiary/aromatic N) is 1. The Hall–Kier alpha value is -2.37. The lowest BCUT2D eigenvalue weighted by Crippen LogP contribution is -2.34. The number of H-pyrrole nitrogens is 1. The summed E-state index contributed by atoms with van der Waals surface area (Å²) >= 11 is 0. The van der Waals surface area contributed by atoms with Gasteiger partial charge in [0.1, 0.15) is 11.4 Å². The molecule has 0 spiro atoms. The van der Waals surface area contributed by atoms with E-state index in [1.54, 1.807) is 26.8 Å². The molecule has 0 unspecified atom stereocenters. The number of hydrogen-bond acceptors (Lipinski definition) is 3. The number of amides is 1. The van der Waals surface area contributed by atoms with Crippen molar-refractivity contribution in [3.05, 3.63) is 40.6 Å². The van der Waals surface area contributed by atoms with Crippen molar-refractivity contribution in [2.75, 3.05) is 11.9 Å². The first-order valence-corrected chi connectivity index (χ1v) is 6.47. The fourth-order valence-corrected chi connectivity index (χ4v) is 1.88. The molecule has 1 heterocycles. The van der Waals surface area contributed by atoms with Crippen molar-refractivity contribution in [2.45, 2.75) is 26.4 Å². The second kappa shape index (κ2) is 5.20. The predicted molar refractivity (Wildman–Crippen MR) is 79.2 cm³/mol. The van der Waals surface area contributed by atoms with Crippen LogP contribution in [0.15, 0.2) is 29.2 Å². The maximum Gasteiger partial charge on any atom is 0.414 e. The van der Waals surface area contributed by atoms with Gasteiger partial charge in [-0.25, -0.2) is 9.18 Å². The lowest BCUT2D eigenvalue weighted by molar-refractivity contribution is 0.0588. The summed E-state index contributed by atoms with van der Waals surface area (Å²) in [4.78, 5) is 27.2. The highest BCUT2D eigenvalue weighted by molar-refractivity contribution is 5.92. The van der Waals surface area contributed by atoms with E-state index in [2.05, 4.69) is 4.98 Å². The molecule has 21 heavy (non-hydrogen) atoms. The van der Waals surface area contributed by atoms with Gasteiger partial charge in [0.15, 0.2) is 0 Å². The van der Waals surface area contributed by atoms with Crippen molar-refractivity contribution in [3.8, 4) is 0 Å². The van der Waals surface area contributed by atoms with Gasteiger partial charge >= 0.3 is 6.09 Å². The molecule has 0 radical (unpaired) electrons. The van der Waals surface area contributed by atoms with Gasteiger partial charge in [-0.1, -0.05) is 0 Å². The van der Waals surface area contributed by atoms with E-state index in [0.29, 0.717) is 5.39 Å². The molecule has 0 aliphatic carbocycles. The number of carbonyl (C=O) groups excluding carboxylic acids is 1. The molecule has 1 aromatic heterocycles. The Kier molecular flexibility index (Phi) is 3.72. The number of ether oxygens (including phenoxy) is 1. The third kappa shape index (κ3) is 3.21. The molecule has 0 aliphatic heterocycles. The van der Waals surface area contributed by atoms with Gasteiger partial charge < -0.3 is 9.72 Å². The number of rotatable bonds is 1. The topological polar surface area (TPSA) is 62.4 Å². The average Bonchev–Trinajstić information content (AvgIpc) is 2.36. The van der Waals surface area contributed by atoms with E-state index >= 15 is 0 Å². The molecule has 1 amide bonds. The predicted octanol–water partition coefficient (Wildman–Crippen LogP) is 3.04. The first kappa shape index (κ1) is 15.0. The summed E-state index contributed by atoms with van der Waals surface area (Å²) < 4.78 is 19.3. The van der Waals surface area contributed by atoms with E-state index in [1.807, 2.05) is 0 Å². The summed E-state index contributed by atoms with van der Waals surface area (Å²) in [6, 6.07) is 4.21. The molecule has 0 saturated heterocycles. The van der Waals surface area contributed by atoms with Crippen LogP contribution >= 0.6 is 0 Å². The maximum absolute atomic E-state index is 14.1. The van der Waals surface area contributed by atoms with Crippen LogP contribution in [0, 0.1) is 5.82 Å². The zero-order valence-electron chi connectivity index (χ0n) is 12.4. The van der Waals surface area contributed by atoms with Crippen LogP contribution in [0.5, 0.6) is 0 Å². The van der Waals surface area contributed by atoms with Crippen molar-refractivity contribution in [3.63, 3.8) is 0 Å². The van der Waals surface area contributed by atoms with Gasteiger partial charge in [0.05, 0.1) is 11.1 Å².